The molecule has 0 aliphatic carbocycles. The fourth-order valence-corrected chi connectivity index (χ4v) is 3.41. The zero-order chi connectivity index (χ0) is 16.6. The van der Waals surface area contributed by atoms with E-state index < -0.39 is 0 Å². The van der Waals surface area contributed by atoms with E-state index in [2.05, 4.69) is 5.16 Å². The number of carbonyl (C=O) groups is 1. The third-order valence-corrected chi connectivity index (χ3v) is 4.63. The van der Waals surface area contributed by atoms with Gasteiger partial charge in [-0.25, -0.2) is 0 Å². The summed E-state index contributed by atoms with van der Waals surface area (Å²) < 4.78 is 12.9. The maximum atomic E-state index is 13.1. The number of nitrogens with zero attached hydrogens (tertiary/aromatic N) is 3. The minimum absolute atomic E-state index is 0.0563. The van der Waals surface area contributed by atoms with E-state index in [9.17, 15) is 4.79 Å². The Bertz CT molecular complexity index is 684. The molecule has 1 fully saturated rings. The normalized spacial score (nSPS) is 19.8. The maximum Gasteiger partial charge on any atom is 0.230 e. The first-order valence-electron chi connectivity index (χ1n) is 7.93. The zero-order valence-corrected chi connectivity index (χ0v) is 14.1. The van der Waals surface area contributed by atoms with Crippen LogP contribution in [-0.4, -0.2) is 40.3 Å². The van der Waals surface area contributed by atoms with Crippen molar-refractivity contribution in [3.05, 3.63) is 41.0 Å². The first-order chi connectivity index (χ1) is 11.0. The van der Waals surface area contributed by atoms with E-state index >= 15 is 0 Å². The molecule has 1 aliphatic rings. The van der Waals surface area contributed by atoms with Gasteiger partial charge in [-0.1, -0.05) is 5.16 Å². The molecule has 2 aromatic rings. The van der Waals surface area contributed by atoms with Crippen LogP contribution in [0.1, 0.15) is 41.6 Å². The zero-order valence-electron chi connectivity index (χ0n) is 14.1. The molecule has 0 N–H and O–H groups in total. The summed E-state index contributed by atoms with van der Waals surface area (Å²) in [5.74, 6) is 0.531. The van der Waals surface area contributed by atoms with E-state index in [0.717, 1.165) is 17.0 Å². The lowest BCUT2D eigenvalue weighted by Crippen LogP contribution is -2.45. The van der Waals surface area contributed by atoms with E-state index in [1.807, 2.05) is 55.6 Å². The lowest BCUT2D eigenvalue weighted by Gasteiger charge is -2.37. The molecule has 0 saturated carbocycles. The average molecular weight is 317 g/mol. The van der Waals surface area contributed by atoms with Crippen LogP contribution in [0.4, 0.5) is 0 Å². The van der Waals surface area contributed by atoms with Crippen LogP contribution >= 0.6 is 0 Å². The number of morpholine rings is 1. The van der Waals surface area contributed by atoms with E-state index in [-0.39, 0.29) is 17.9 Å². The van der Waals surface area contributed by atoms with Crippen LogP contribution in [-0.2, 0) is 16.6 Å². The van der Waals surface area contributed by atoms with Crippen LogP contribution in [0.3, 0.4) is 0 Å². The molecule has 3 rings (SSSR count). The number of hydrogen-bond donors (Lipinski definition) is 0. The summed E-state index contributed by atoms with van der Waals surface area (Å²) in [7, 11) is 1.99. The number of aromatic nitrogens is 2. The summed E-state index contributed by atoms with van der Waals surface area (Å²) in [6.07, 6.45) is 1.99. The first kappa shape index (κ1) is 15.8. The van der Waals surface area contributed by atoms with Gasteiger partial charge in [0.25, 0.3) is 0 Å². The highest BCUT2D eigenvalue weighted by molar-refractivity contribution is 5.84. The molecule has 1 amide bonds. The lowest BCUT2D eigenvalue weighted by molar-refractivity contribution is -0.141. The smallest absolute Gasteiger partial charge is 0.230 e. The number of rotatable bonds is 3. The molecule has 23 heavy (non-hydrogen) atoms. The van der Waals surface area contributed by atoms with Crippen molar-refractivity contribution in [1.82, 2.24) is 14.6 Å². The molecule has 0 unspecified atom stereocenters. The predicted molar refractivity (Wildman–Crippen MR) is 85.1 cm³/mol. The monoisotopic (exact) mass is 317 g/mol. The first-order valence-corrected chi connectivity index (χ1v) is 7.93. The Labute approximate surface area is 136 Å². The largest absolute Gasteiger partial charge is 0.377 e. The molecule has 1 saturated heterocycles. The molecule has 124 valence electrons. The molecule has 0 radical (unpaired) electrons. The number of aryl methyl sites for hydroxylation is 3. The quantitative estimate of drug-likeness (QED) is 0.872. The van der Waals surface area contributed by atoms with Crippen molar-refractivity contribution in [1.29, 1.82) is 0 Å². The van der Waals surface area contributed by atoms with Crippen molar-refractivity contribution in [3.63, 3.8) is 0 Å². The van der Waals surface area contributed by atoms with Crippen LogP contribution in [0, 0.1) is 13.8 Å². The van der Waals surface area contributed by atoms with Gasteiger partial charge in [0.1, 0.15) is 5.76 Å². The van der Waals surface area contributed by atoms with Crippen molar-refractivity contribution >= 4 is 5.91 Å². The van der Waals surface area contributed by atoms with E-state index in [1.54, 1.807) is 0 Å². The van der Waals surface area contributed by atoms with Gasteiger partial charge in [0, 0.05) is 31.0 Å². The summed E-state index contributed by atoms with van der Waals surface area (Å²) in [5, 5.41) is 3.97. The van der Waals surface area contributed by atoms with Gasteiger partial charge in [0.15, 0.2) is 0 Å². The molecular formula is C17H23N3O3. The van der Waals surface area contributed by atoms with Crippen molar-refractivity contribution in [2.24, 2.45) is 7.05 Å². The summed E-state index contributed by atoms with van der Waals surface area (Å²) in [4.78, 5) is 15.0. The molecular weight excluding hydrogens is 294 g/mol. The van der Waals surface area contributed by atoms with Gasteiger partial charge in [-0.3, -0.25) is 4.79 Å². The molecule has 2 aromatic heterocycles. The highest BCUT2D eigenvalue weighted by atomic mass is 16.5. The molecule has 6 heteroatoms. The van der Waals surface area contributed by atoms with E-state index in [4.69, 9.17) is 9.26 Å². The van der Waals surface area contributed by atoms with Gasteiger partial charge in [-0.05, 0) is 32.9 Å². The summed E-state index contributed by atoms with van der Waals surface area (Å²) in [6.45, 7) is 7.35. The van der Waals surface area contributed by atoms with Crippen LogP contribution in [0.25, 0.3) is 0 Å². The van der Waals surface area contributed by atoms with E-state index in [0.29, 0.717) is 25.5 Å². The number of hydrogen-bond acceptors (Lipinski definition) is 4. The van der Waals surface area contributed by atoms with Crippen molar-refractivity contribution in [2.45, 2.75) is 32.7 Å². The molecule has 0 spiro atoms. The summed E-state index contributed by atoms with van der Waals surface area (Å²) in [5.41, 5.74) is 2.77. The highest BCUT2D eigenvalue weighted by Crippen LogP contribution is 2.30. The Morgan fingerprint density at radius 2 is 2.22 bits per heavy atom. The van der Waals surface area contributed by atoms with Gasteiger partial charge in [0.05, 0.1) is 30.9 Å². The third-order valence-electron chi connectivity index (χ3n) is 4.63. The molecule has 0 bridgehead atoms. The van der Waals surface area contributed by atoms with Gasteiger partial charge in [0.2, 0.25) is 5.91 Å². The minimum Gasteiger partial charge on any atom is -0.377 e. The van der Waals surface area contributed by atoms with Crippen LogP contribution in [0.2, 0.25) is 0 Å². The van der Waals surface area contributed by atoms with Crippen molar-refractivity contribution < 1.29 is 14.1 Å². The number of amides is 1. The lowest BCUT2D eigenvalue weighted by atomic mass is 9.96. The van der Waals surface area contributed by atoms with Crippen molar-refractivity contribution in [3.8, 4) is 0 Å². The Morgan fingerprint density at radius 1 is 1.43 bits per heavy atom. The van der Waals surface area contributed by atoms with Crippen LogP contribution < -0.4 is 0 Å². The molecule has 2 atom stereocenters. The maximum absolute atomic E-state index is 13.1. The summed E-state index contributed by atoms with van der Waals surface area (Å²) >= 11 is 0. The fraction of sp³-hybridized carbons (Fsp3) is 0.529. The second kappa shape index (κ2) is 6.20. The SMILES string of the molecule is Cc1noc(C)c1[C@H](C)C(=O)N1CCOC[C@@H]1c1cccn1C. The molecule has 3 heterocycles. The number of ether oxygens (including phenoxy) is 1. The second-order valence-electron chi connectivity index (χ2n) is 6.13. The van der Waals surface area contributed by atoms with Crippen LogP contribution in [0.5, 0.6) is 0 Å². The topological polar surface area (TPSA) is 60.5 Å². The predicted octanol–water partition coefficient (Wildman–Crippen LogP) is 2.33. The second-order valence-corrected chi connectivity index (χ2v) is 6.13. The Morgan fingerprint density at radius 3 is 2.83 bits per heavy atom. The Hall–Kier alpha value is -2.08. The van der Waals surface area contributed by atoms with Gasteiger partial charge >= 0.3 is 0 Å². The van der Waals surface area contributed by atoms with Gasteiger partial charge in [-0.2, -0.15) is 0 Å². The fourth-order valence-electron chi connectivity index (χ4n) is 3.41. The average Bonchev–Trinajstić information content (AvgIpc) is 3.11. The third kappa shape index (κ3) is 2.79. The van der Waals surface area contributed by atoms with Crippen molar-refractivity contribution in [2.75, 3.05) is 19.8 Å². The highest BCUT2D eigenvalue weighted by Gasteiger charge is 2.34. The summed E-state index contributed by atoms with van der Waals surface area (Å²) in [6, 6.07) is 3.98. The molecule has 0 aromatic carbocycles. The van der Waals surface area contributed by atoms with Gasteiger partial charge in [-0.15, -0.1) is 0 Å². The van der Waals surface area contributed by atoms with E-state index in [1.165, 1.54) is 0 Å². The van der Waals surface area contributed by atoms with Gasteiger partial charge < -0.3 is 18.7 Å². The Balaban J connectivity index is 1.89. The number of carbonyl (C=O) groups excluding carboxylic acids is 1. The van der Waals surface area contributed by atoms with Crippen LogP contribution in [0.15, 0.2) is 22.9 Å². The Kier molecular flexibility index (Phi) is 4.26. The molecule has 6 nitrogen and oxygen atoms in total. The molecule has 1 aliphatic heterocycles. The minimum atomic E-state index is -0.276. The standard InChI is InChI=1S/C17H23N3O3/c1-11(16-12(2)18-23-13(16)3)17(21)20-8-9-22-10-15(20)14-6-5-7-19(14)4/h5-7,11,15H,8-10H2,1-4H3/t11-,15+/m0/s1.